The molecular formula is C89H96Br6N3O12P4Si+. The summed E-state index contributed by atoms with van der Waals surface area (Å²) in [6.45, 7) is 26.0. The molecule has 0 aromatic carbocycles. The Labute approximate surface area is 749 Å². The van der Waals surface area contributed by atoms with Crippen LogP contribution in [0.5, 0.6) is 0 Å². The van der Waals surface area contributed by atoms with Gasteiger partial charge in [-0.25, -0.2) is 0 Å². The summed E-state index contributed by atoms with van der Waals surface area (Å²) in [7, 11) is 0.592. The first-order valence-electron chi connectivity index (χ1n) is 33.9. The lowest BCUT2D eigenvalue weighted by atomic mass is 10.4. The molecule has 26 heteroatoms. The molecule has 0 rings (SSSR count). The van der Waals surface area contributed by atoms with Gasteiger partial charge in [0.15, 0.2) is 12.1 Å². The Morgan fingerprint density at radius 2 is 0.609 bits per heavy atom. The van der Waals surface area contributed by atoms with Gasteiger partial charge >= 0.3 is 31.4 Å². The van der Waals surface area contributed by atoms with Gasteiger partial charge in [0.05, 0.1) is 124 Å². The van der Waals surface area contributed by atoms with Crippen molar-refractivity contribution in [3.63, 3.8) is 0 Å². The highest BCUT2D eigenvalue weighted by atomic mass is 79.9. The second kappa shape index (κ2) is 95.1. The summed E-state index contributed by atoms with van der Waals surface area (Å²) in [5.41, 5.74) is 0. The standard InChI is InChI=1S/C27H23NO3P.C23H14NO3P.C20H11N.C7H16BrO3P.C6H15O3P.C3H6Br2.C3H9BrSi.2BrH/c1-6-9-10-11-12-13-14-15-16-17-18-19-20-21-22-23-25-28(4,5)26-24-27-32(29,30-7-2)31-8-3;1-4-5-6-7-8-9-10-11-12-13-14-15-16-17-18-19-21-24(2,3)22-20-23-28(25,26)27;1-4-5-6-7-8-9-10-11-12-13-14-15-16-17-18-19-20-21(2)3;1-3-10-12(9,11-4-2)7-5-6-8;1-4-7-10(8-5-2)9-6-3;4-2-1-3-5;1-5(2,3)4;;/h1H,7-8,24,26-27H2,2-5H3;1H,20,22-23H2,2-3H3,(H-,25,26,27);20H2,1-3H3;3-7H2,1-2H3;4-6H2,1-3H3;1-3H2;1-3H3;2*1H/q+1;;;;;;;;. The van der Waals surface area contributed by atoms with Crippen LogP contribution in [0.4, 0.5) is 0 Å². The van der Waals surface area contributed by atoms with Crippen LogP contribution >= 0.6 is 111 Å². The first-order valence-corrected chi connectivity index (χ1v) is 49.4. The molecule has 0 aliphatic heterocycles. The quantitative estimate of drug-likeness (QED) is 0.0191. The first-order chi connectivity index (χ1) is 53.9. The topological polar surface area (TPSA) is 160 Å². The lowest BCUT2D eigenvalue weighted by Crippen LogP contribution is -3.00. The SMILES string of the molecule is Br.BrCCCBr.C#CC#CC#CC#CC#CC#CC#CC#CC#C[N+](C)(C)CCCP(=O)(O)O.C#CC#CC#CC#CC#CC#CC#CC#CC#C[N+](C)(C)CCCP(=O)(OCC)OCC.CC#CC#CC#CC#CC#CC#CC#CC#CCN(C)C.CCOP(=O)(CCCBr)OCC.CCOP(OCC)OCC.C[Si](C)(C)Br.[Br-]. The van der Waals surface area contributed by atoms with Gasteiger partial charge in [-0.1, -0.05) is 79.3 Å². The fraction of sp³-hybridized carbons (Fsp3) is 0.416. The van der Waals surface area contributed by atoms with Crippen LogP contribution in [-0.4, -0.2) is 173 Å². The van der Waals surface area contributed by atoms with Crippen LogP contribution in [0, 0.1) is 309 Å². The van der Waals surface area contributed by atoms with E-state index in [2.05, 4.69) is 379 Å². The number of hydrogen-bond acceptors (Lipinski definition) is 11. The Bertz CT molecular complexity index is 4800. The highest BCUT2D eigenvalue weighted by Gasteiger charge is 2.25. The van der Waals surface area contributed by atoms with Gasteiger partial charge in [-0.2, -0.15) is 0 Å². The zero-order valence-corrected chi connectivity index (χ0v) is 82.4. The summed E-state index contributed by atoms with van der Waals surface area (Å²) in [5.74, 6) is 121. The molecule has 0 unspecified atom stereocenters. The van der Waals surface area contributed by atoms with E-state index >= 15 is 0 Å². The van der Waals surface area contributed by atoms with Gasteiger partial charge in [0.1, 0.15) is 6.69 Å². The third kappa shape index (κ3) is 125. The second-order valence-electron chi connectivity index (χ2n) is 21.2. The summed E-state index contributed by atoms with van der Waals surface area (Å²) in [5, 5.41) is 3.05. The van der Waals surface area contributed by atoms with E-state index in [1.54, 1.807) is 20.8 Å². The molecule has 0 amide bonds. The van der Waals surface area contributed by atoms with Crippen LogP contribution < -0.4 is 17.0 Å². The molecule has 0 saturated carbocycles. The van der Waals surface area contributed by atoms with Crippen LogP contribution in [0.2, 0.25) is 19.6 Å². The fourth-order valence-corrected chi connectivity index (χ4v) is 12.0. The van der Waals surface area contributed by atoms with Gasteiger partial charge in [0.25, 0.3) is 0 Å². The zero-order chi connectivity index (χ0) is 86.6. The van der Waals surface area contributed by atoms with Crippen molar-refractivity contribution in [3.8, 4) is 309 Å². The minimum atomic E-state index is -3.97. The Morgan fingerprint density at radius 3 is 0.817 bits per heavy atom. The van der Waals surface area contributed by atoms with Crippen molar-refractivity contribution in [2.45, 2.75) is 101 Å². The van der Waals surface area contributed by atoms with Crippen molar-refractivity contribution in [2.24, 2.45) is 0 Å². The minimum Gasteiger partial charge on any atom is -1.00 e. The molecule has 0 aromatic rings. The molecule has 0 aliphatic carbocycles. The molecule has 2 N–H and O–H groups in total. The summed E-state index contributed by atoms with van der Waals surface area (Å²) in [6.07, 6.45) is 13.6. The van der Waals surface area contributed by atoms with Gasteiger partial charge in [-0.05, 0) is 260 Å². The first kappa shape index (κ1) is 125. The average Bonchev–Trinajstić information content (AvgIpc) is 0.979. The van der Waals surface area contributed by atoms with Crippen LogP contribution in [0.25, 0.3) is 0 Å². The minimum absolute atomic E-state index is 0. The number of alkyl halides is 3. The number of nitrogens with zero attached hydrogens (tertiary/aromatic N) is 3. The maximum Gasteiger partial charge on any atom is 0.332 e. The number of halogens is 6. The normalized spacial score (nSPS) is 8.20. The summed E-state index contributed by atoms with van der Waals surface area (Å²) in [4.78, 5) is 19.6. The molecule has 0 heterocycles. The van der Waals surface area contributed by atoms with Crippen molar-refractivity contribution >= 4 is 118 Å². The number of hydrogen-bond donors (Lipinski definition) is 2. The van der Waals surface area contributed by atoms with E-state index in [0.29, 0.717) is 95.5 Å². The Hall–Kier alpha value is -7.70. The Morgan fingerprint density at radius 1 is 0.383 bits per heavy atom. The Balaban J connectivity index is -0.000000176. The number of quaternary nitrogens is 2. The molecule has 0 saturated heterocycles. The van der Waals surface area contributed by atoms with Gasteiger partial charge < -0.3 is 58.4 Å². The van der Waals surface area contributed by atoms with E-state index in [4.69, 9.17) is 54.3 Å². The van der Waals surface area contributed by atoms with Gasteiger partial charge in [0, 0.05) is 112 Å². The molecule has 604 valence electrons. The molecule has 0 aliphatic rings. The molecule has 0 fully saturated rings. The molecule has 0 bridgehead atoms. The predicted molar refractivity (Wildman–Crippen MR) is 495 cm³/mol. The summed E-state index contributed by atoms with van der Waals surface area (Å²) < 4.78 is 71.8. The molecule has 0 aromatic heterocycles. The van der Waals surface area contributed by atoms with Gasteiger partial charge in [0.2, 0.25) is 0 Å². The molecule has 0 radical (unpaired) electrons. The zero-order valence-electron chi connectivity index (χ0n) is 68.2. The summed E-state index contributed by atoms with van der Waals surface area (Å²) in [6, 6.07) is 5.91. The van der Waals surface area contributed by atoms with Crippen LogP contribution in [0.15, 0.2) is 0 Å². The van der Waals surface area contributed by atoms with E-state index in [-0.39, 0.29) is 44.6 Å². The van der Waals surface area contributed by atoms with Crippen molar-refractivity contribution in [2.75, 3.05) is 143 Å². The Kier molecular flexibility index (Phi) is 104. The van der Waals surface area contributed by atoms with E-state index in [0.717, 1.165) is 22.4 Å². The van der Waals surface area contributed by atoms with Crippen molar-refractivity contribution in [1.29, 1.82) is 0 Å². The smallest absolute Gasteiger partial charge is 0.332 e. The van der Waals surface area contributed by atoms with E-state index in [1.807, 2.05) is 81.8 Å². The van der Waals surface area contributed by atoms with Crippen molar-refractivity contribution in [3.05, 3.63) is 0 Å². The highest BCUT2D eigenvalue weighted by Crippen LogP contribution is 2.49. The third-order valence-corrected chi connectivity index (χ3v) is 17.5. The average molecular weight is 2030 g/mol. The van der Waals surface area contributed by atoms with Gasteiger partial charge in [-0.15, -0.1) is 45.1 Å². The maximum absolute atomic E-state index is 12.5. The third-order valence-electron chi connectivity index (χ3n) is 9.19. The molecule has 0 atom stereocenters. The van der Waals surface area contributed by atoms with E-state index in [1.165, 1.54) is 6.42 Å². The number of rotatable bonds is 28. The second-order valence-corrected chi connectivity index (χ2v) is 42.3. The lowest BCUT2D eigenvalue weighted by molar-refractivity contribution is -0.822. The maximum atomic E-state index is 12.5. The predicted octanol–water partition coefficient (Wildman–Crippen LogP) is 10.5. The van der Waals surface area contributed by atoms with Crippen LogP contribution in [0.3, 0.4) is 0 Å². The summed E-state index contributed by atoms with van der Waals surface area (Å²) >= 11 is 13.3. The van der Waals surface area contributed by atoms with Gasteiger partial charge in [-0.3, -0.25) is 27.6 Å². The fourth-order valence-electron chi connectivity index (χ4n) is 5.22. The highest BCUT2D eigenvalue weighted by molar-refractivity contribution is 9.26. The van der Waals surface area contributed by atoms with E-state index in [9.17, 15) is 13.7 Å². The number of terminal acetylenes is 2. The van der Waals surface area contributed by atoms with Crippen LogP contribution in [-0.2, 0) is 45.4 Å². The van der Waals surface area contributed by atoms with Crippen molar-refractivity contribution < 1.29 is 81.1 Å². The molecule has 0 spiro atoms. The lowest BCUT2D eigenvalue weighted by Gasteiger charge is -2.22. The monoisotopic (exact) mass is 2020 g/mol. The molecule has 115 heavy (non-hydrogen) atoms. The van der Waals surface area contributed by atoms with Crippen molar-refractivity contribution in [1.82, 2.24) is 4.90 Å². The molecule has 15 nitrogen and oxygen atoms in total. The van der Waals surface area contributed by atoms with E-state index < -0.39 is 38.1 Å². The molecular weight excluding hydrogens is 1930 g/mol. The van der Waals surface area contributed by atoms with Crippen LogP contribution in [0.1, 0.15) is 81.1 Å². The largest absolute Gasteiger partial charge is 1.00 e.